The van der Waals surface area contributed by atoms with Gasteiger partial charge in [-0.3, -0.25) is 0 Å². The molecule has 0 amide bonds. The van der Waals surface area contributed by atoms with Gasteiger partial charge in [-0.1, -0.05) is 12.1 Å². The Kier molecular flexibility index (Phi) is 2.70. The molecule has 1 fully saturated rings. The van der Waals surface area contributed by atoms with E-state index in [2.05, 4.69) is 5.32 Å². The van der Waals surface area contributed by atoms with Gasteiger partial charge in [0.25, 0.3) is 0 Å². The fourth-order valence-electron chi connectivity index (χ4n) is 2.08. The Morgan fingerprint density at radius 1 is 1.29 bits per heavy atom. The van der Waals surface area contributed by atoms with Crippen LogP contribution in [0.1, 0.15) is 17.9 Å². The third-order valence-corrected chi connectivity index (χ3v) is 2.87. The first-order chi connectivity index (χ1) is 6.81. The molecule has 0 saturated carbocycles. The number of aliphatic hydroxyl groups is 1. The number of aromatic hydroxyl groups is 1. The van der Waals surface area contributed by atoms with Gasteiger partial charge in [0.05, 0.1) is 6.61 Å². The van der Waals surface area contributed by atoms with Crippen molar-refractivity contribution in [3.8, 4) is 5.75 Å². The summed E-state index contributed by atoms with van der Waals surface area (Å²) in [5.74, 6) is 0.667. The zero-order chi connectivity index (χ0) is 9.97. The smallest absolute Gasteiger partial charge is 0.115 e. The van der Waals surface area contributed by atoms with Gasteiger partial charge in [-0.25, -0.2) is 0 Å². The number of hydrogen-bond donors (Lipinski definition) is 3. The highest BCUT2D eigenvalue weighted by Gasteiger charge is 2.27. The maximum Gasteiger partial charge on any atom is 0.115 e. The van der Waals surface area contributed by atoms with Gasteiger partial charge in [-0.15, -0.1) is 0 Å². The molecule has 0 aliphatic carbocycles. The molecule has 2 unspecified atom stereocenters. The second-order valence-electron chi connectivity index (χ2n) is 3.73. The van der Waals surface area contributed by atoms with Crippen LogP contribution in [0.25, 0.3) is 0 Å². The molecule has 0 spiro atoms. The van der Waals surface area contributed by atoms with Gasteiger partial charge in [0.2, 0.25) is 0 Å². The Morgan fingerprint density at radius 3 is 2.64 bits per heavy atom. The zero-order valence-corrected chi connectivity index (χ0v) is 7.98. The highest BCUT2D eigenvalue weighted by atomic mass is 16.3. The molecule has 3 nitrogen and oxygen atoms in total. The molecular weight excluding hydrogens is 178 g/mol. The second-order valence-corrected chi connectivity index (χ2v) is 3.73. The van der Waals surface area contributed by atoms with Gasteiger partial charge < -0.3 is 15.5 Å². The summed E-state index contributed by atoms with van der Waals surface area (Å²) in [6.45, 7) is 1.13. The normalized spacial score (nSPS) is 26.6. The number of phenolic OH excluding ortho intramolecular Hbond substituents is 1. The third-order valence-electron chi connectivity index (χ3n) is 2.87. The van der Waals surface area contributed by atoms with Crippen LogP contribution in [-0.2, 0) is 0 Å². The first-order valence-corrected chi connectivity index (χ1v) is 4.94. The summed E-state index contributed by atoms with van der Waals surface area (Å²) in [6.07, 6.45) is 1.05. The zero-order valence-electron chi connectivity index (χ0n) is 7.98. The van der Waals surface area contributed by atoms with Crippen molar-refractivity contribution in [2.75, 3.05) is 13.2 Å². The van der Waals surface area contributed by atoms with E-state index in [0.717, 1.165) is 13.0 Å². The minimum atomic E-state index is 0.166. The Bertz CT molecular complexity index is 297. The molecular formula is C11H15NO2. The van der Waals surface area contributed by atoms with Crippen LogP contribution in [0.5, 0.6) is 5.75 Å². The maximum absolute atomic E-state index is 9.16. The highest BCUT2D eigenvalue weighted by molar-refractivity contribution is 5.30. The van der Waals surface area contributed by atoms with E-state index < -0.39 is 0 Å². The highest BCUT2D eigenvalue weighted by Crippen LogP contribution is 2.28. The lowest BCUT2D eigenvalue weighted by atomic mass is 9.92. The fraction of sp³-hybridized carbons (Fsp3) is 0.455. The summed E-state index contributed by atoms with van der Waals surface area (Å²) in [5, 5.41) is 21.6. The molecule has 2 rings (SSSR count). The van der Waals surface area contributed by atoms with E-state index in [4.69, 9.17) is 10.2 Å². The van der Waals surface area contributed by atoms with E-state index in [-0.39, 0.29) is 12.6 Å². The number of benzene rings is 1. The lowest BCUT2D eigenvalue weighted by molar-refractivity contribution is 0.245. The van der Waals surface area contributed by atoms with Gasteiger partial charge in [-0.2, -0.15) is 0 Å². The van der Waals surface area contributed by atoms with Crippen LogP contribution >= 0.6 is 0 Å². The molecule has 1 aromatic carbocycles. The van der Waals surface area contributed by atoms with E-state index in [1.807, 2.05) is 12.1 Å². The molecule has 0 aromatic heterocycles. The number of nitrogens with one attached hydrogen (secondary N) is 1. The van der Waals surface area contributed by atoms with E-state index >= 15 is 0 Å². The predicted molar refractivity (Wildman–Crippen MR) is 54.3 cm³/mol. The van der Waals surface area contributed by atoms with E-state index in [1.54, 1.807) is 12.1 Å². The van der Waals surface area contributed by atoms with Crippen LogP contribution in [0, 0.1) is 0 Å². The minimum absolute atomic E-state index is 0.166. The van der Waals surface area contributed by atoms with Gasteiger partial charge in [0.1, 0.15) is 5.75 Å². The molecule has 76 valence electrons. The lowest BCUT2D eigenvalue weighted by Gasteiger charge is -2.17. The molecule has 3 heteroatoms. The SMILES string of the molecule is OCC1NCCC1c1ccc(O)cc1. The average molecular weight is 193 g/mol. The molecule has 1 aromatic rings. The largest absolute Gasteiger partial charge is 0.508 e. The second kappa shape index (κ2) is 3.98. The predicted octanol–water partition coefficient (Wildman–Crippen LogP) is 0.830. The molecule has 1 saturated heterocycles. The molecule has 2 atom stereocenters. The molecule has 0 radical (unpaired) electrons. The van der Waals surface area contributed by atoms with Crippen LogP contribution in [0.3, 0.4) is 0 Å². The first kappa shape index (κ1) is 9.49. The Morgan fingerprint density at radius 2 is 2.00 bits per heavy atom. The van der Waals surface area contributed by atoms with Crippen molar-refractivity contribution in [1.29, 1.82) is 0 Å². The lowest BCUT2D eigenvalue weighted by Crippen LogP contribution is -2.29. The van der Waals surface area contributed by atoms with Gasteiger partial charge in [-0.05, 0) is 30.7 Å². The van der Waals surface area contributed by atoms with Crippen LogP contribution in [0.4, 0.5) is 0 Å². The van der Waals surface area contributed by atoms with E-state index in [1.165, 1.54) is 5.56 Å². The number of phenols is 1. The van der Waals surface area contributed by atoms with Gasteiger partial charge in [0.15, 0.2) is 0 Å². The molecule has 14 heavy (non-hydrogen) atoms. The fourth-order valence-corrected chi connectivity index (χ4v) is 2.08. The van der Waals surface area contributed by atoms with E-state index in [0.29, 0.717) is 11.7 Å². The van der Waals surface area contributed by atoms with Crippen molar-refractivity contribution in [2.45, 2.75) is 18.4 Å². The molecule has 0 bridgehead atoms. The number of rotatable bonds is 2. The van der Waals surface area contributed by atoms with Crippen LogP contribution in [-0.4, -0.2) is 29.4 Å². The minimum Gasteiger partial charge on any atom is -0.508 e. The standard InChI is InChI=1S/C11H15NO2/c13-7-11-10(5-6-12-11)8-1-3-9(14)4-2-8/h1-4,10-14H,5-7H2. The maximum atomic E-state index is 9.16. The summed E-state index contributed by atoms with van der Waals surface area (Å²) >= 11 is 0. The van der Waals surface area contributed by atoms with Crippen LogP contribution < -0.4 is 5.32 Å². The monoisotopic (exact) mass is 193 g/mol. The van der Waals surface area contributed by atoms with Crippen molar-refractivity contribution in [3.05, 3.63) is 29.8 Å². The van der Waals surface area contributed by atoms with Crippen molar-refractivity contribution in [2.24, 2.45) is 0 Å². The quantitative estimate of drug-likeness (QED) is 0.652. The molecule has 3 N–H and O–H groups in total. The van der Waals surface area contributed by atoms with Gasteiger partial charge in [0, 0.05) is 12.0 Å². The summed E-state index contributed by atoms with van der Waals surface area (Å²) in [7, 11) is 0. The van der Waals surface area contributed by atoms with Gasteiger partial charge >= 0.3 is 0 Å². The van der Waals surface area contributed by atoms with E-state index in [9.17, 15) is 0 Å². The molecule has 1 aliphatic heterocycles. The summed E-state index contributed by atoms with van der Waals surface area (Å²) in [6, 6.07) is 7.41. The summed E-state index contributed by atoms with van der Waals surface area (Å²) < 4.78 is 0. The first-order valence-electron chi connectivity index (χ1n) is 4.94. The van der Waals surface area contributed by atoms with Crippen molar-refractivity contribution in [3.63, 3.8) is 0 Å². The molecule has 1 aliphatic rings. The summed E-state index contributed by atoms with van der Waals surface area (Å²) in [4.78, 5) is 0. The summed E-state index contributed by atoms with van der Waals surface area (Å²) in [5.41, 5.74) is 1.19. The third kappa shape index (κ3) is 1.74. The Hall–Kier alpha value is -1.06. The average Bonchev–Trinajstić information content (AvgIpc) is 2.67. The Labute approximate surface area is 83.4 Å². The number of aliphatic hydroxyl groups excluding tert-OH is 1. The Balaban J connectivity index is 2.17. The van der Waals surface area contributed by atoms with Crippen LogP contribution in [0.15, 0.2) is 24.3 Å². The molecule has 1 heterocycles. The van der Waals surface area contributed by atoms with Crippen molar-refractivity contribution >= 4 is 0 Å². The number of hydrogen-bond acceptors (Lipinski definition) is 3. The van der Waals surface area contributed by atoms with Crippen molar-refractivity contribution < 1.29 is 10.2 Å². The topological polar surface area (TPSA) is 52.5 Å². The van der Waals surface area contributed by atoms with Crippen LogP contribution in [0.2, 0.25) is 0 Å². The van der Waals surface area contributed by atoms with Crippen molar-refractivity contribution in [1.82, 2.24) is 5.32 Å².